The van der Waals surface area contributed by atoms with Gasteiger partial charge in [-0.15, -0.1) is 0 Å². The third kappa shape index (κ3) is 5.57. The Bertz CT molecular complexity index is 410. The number of benzene rings is 1. The summed E-state index contributed by atoms with van der Waals surface area (Å²) < 4.78 is 11.2. The van der Waals surface area contributed by atoms with Crippen LogP contribution in [-0.2, 0) is 6.54 Å². The second kappa shape index (κ2) is 9.06. The van der Waals surface area contributed by atoms with E-state index in [0.29, 0.717) is 42.8 Å². The van der Waals surface area contributed by atoms with E-state index in [4.69, 9.17) is 21.1 Å². The van der Waals surface area contributed by atoms with E-state index >= 15 is 0 Å². The second-order valence-electron chi connectivity index (χ2n) is 4.67. The van der Waals surface area contributed by atoms with Crippen molar-refractivity contribution in [2.24, 2.45) is 0 Å². The van der Waals surface area contributed by atoms with Crippen molar-refractivity contribution in [2.45, 2.75) is 39.8 Å². The Morgan fingerprint density at radius 1 is 1.30 bits per heavy atom. The zero-order chi connectivity index (χ0) is 15.0. The van der Waals surface area contributed by atoms with Crippen molar-refractivity contribution >= 4 is 11.6 Å². The van der Waals surface area contributed by atoms with Gasteiger partial charge in [-0.25, -0.2) is 0 Å². The molecule has 0 spiro atoms. The molecule has 0 bridgehead atoms. The van der Waals surface area contributed by atoms with E-state index < -0.39 is 0 Å². The topological polar surface area (TPSA) is 50.7 Å². The minimum atomic E-state index is -0.371. The summed E-state index contributed by atoms with van der Waals surface area (Å²) in [4.78, 5) is 0. The summed E-state index contributed by atoms with van der Waals surface area (Å²) in [6.07, 6.45) is 0.545. The molecule has 0 aliphatic rings. The van der Waals surface area contributed by atoms with Crippen molar-refractivity contribution in [2.75, 3.05) is 19.8 Å². The first kappa shape index (κ1) is 17.1. The molecule has 4 nitrogen and oxygen atoms in total. The molecule has 5 heteroatoms. The highest BCUT2D eigenvalue weighted by Crippen LogP contribution is 2.36. The quantitative estimate of drug-likeness (QED) is 0.736. The molecule has 0 aliphatic carbocycles. The fourth-order valence-electron chi connectivity index (χ4n) is 1.76. The van der Waals surface area contributed by atoms with Crippen molar-refractivity contribution < 1.29 is 14.6 Å². The highest BCUT2D eigenvalue weighted by atomic mass is 35.5. The van der Waals surface area contributed by atoms with Crippen LogP contribution in [0.25, 0.3) is 0 Å². The molecule has 0 fully saturated rings. The molecule has 0 radical (unpaired) electrons. The van der Waals surface area contributed by atoms with Gasteiger partial charge in [0.2, 0.25) is 0 Å². The first-order valence-electron chi connectivity index (χ1n) is 7.05. The van der Waals surface area contributed by atoms with Crippen LogP contribution in [0, 0.1) is 0 Å². The van der Waals surface area contributed by atoms with Crippen molar-refractivity contribution in [1.29, 1.82) is 0 Å². The minimum absolute atomic E-state index is 0.371. The van der Waals surface area contributed by atoms with E-state index in [1.165, 1.54) is 0 Å². The lowest BCUT2D eigenvalue weighted by Crippen LogP contribution is -2.23. The monoisotopic (exact) mass is 301 g/mol. The van der Waals surface area contributed by atoms with Gasteiger partial charge in [0.15, 0.2) is 11.5 Å². The van der Waals surface area contributed by atoms with E-state index in [2.05, 4.69) is 5.32 Å². The number of hydrogen-bond donors (Lipinski definition) is 2. The number of aliphatic hydroxyl groups excluding tert-OH is 1. The predicted molar refractivity (Wildman–Crippen MR) is 81.8 cm³/mol. The van der Waals surface area contributed by atoms with E-state index in [9.17, 15) is 5.11 Å². The maximum atomic E-state index is 9.23. The fourth-order valence-corrected chi connectivity index (χ4v) is 2.04. The smallest absolute Gasteiger partial charge is 0.179 e. The molecule has 1 aromatic rings. The fraction of sp³-hybridized carbons (Fsp3) is 0.600. The maximum Gasteiger partial charge on any atom is 0.179 e. The molecule has 2 N–H and O–H groups in total. The zero-order valence-electron chi connectivity index (χ0n) is 12.4. The molecule has 0 aliphatic heterocycles. The van der Waals surface area contributed by atoms with Crippen LogP contribution < -0.4 is 14.8 Å². The first-order valence-corrected chi connectivity index (χ1v) is 7.43. The Morgan fingerprint density at radius 3 is 2.65 bits per heavy atom. The van der Waals surface area contributed by atoms with E-state index in [0.717, 1.165) is 12.0 Å². The van der Waals surface area contributed by atoms with Gasteiger partial charge in [0.25, 0.3) is 0 Å². The van der Waals surface area contributed by atoms with Gasteiger partial charge in [-0.1, -0.05) is 18.5 Å². The van der Waals surface area contributed by atoms with Crippen molar-refractivity contribution in [3.63, 3.8) is 0 Å². The molecule has 0 unspecified atom stereocenters. The lowest BCUT2D eigenvalue weighted by atomic mass is 10.2. The van der Waals surface area contributed by atoms with Crippen molar-refractivity contribution in [1.82, 2.24) is 5.32 Å². The molecule has 0 amide bonds. The van der Waals surface area contributed by atoms with E-state index in [1.807, 2.05) is 26.0 Å². The van der Waals surface area contributed by atoms with Crippen LogP contribution in [0.5, 0.6) is 11.5 Å². The summed E-state index contributed by atoms with van der Waals surface area (Å²) >= 11 is 6.27. The molecular formula is C15H24ClNO3. The number of aliphatic hydroxyl groups is 1. The first-order chi connectivity index (χ1) is 9.58. The van der Waals surface area contributed by atoms with Crippen LogP contribution in [0.1, 0.15) is 32.8 Å². The van der Waals surface area contributed by atoms with Crippen LogP contribution in [0.2, 0.25) is 5.02 Å². The largest absolute Gasteiger partial charge is 0.490 e. The zero-order valence-corrected chi connectivity index (χ0v) is 13.2. The Kier molecular flexibility index (Phi) is 7.73. The molecule has 1 aromatic carbocycles. The number of halogens is 1. The Labute approximate surface area is 126 Å². The summed E-state index contributed by atoms with van der Waals surface area (Å²) in [5.74, 6) is 1.27. The number of hydrogen-bond acceptors (Lipinski definition) is 4. The number of ether oxygens (including phenoxy) is 2. The number of nitrogens with one attached hydrogen (secondary N) is 1. The lowest BCUT2D eigenvalue weighted by Gasteiger charge is -2.15. The Balaban J connectivity index is 2.82. The van der Waals surface area contributed by atoms with E-state index in [1.54, 1.807) is 6.92 Å². The summed E-state index contributed by atoms with van der Waals surface area (Å²) in [5.41, 5.74) is 1.00. The average Bonchev–Trinajstić information content (AvgIpc) is 2.38. The van der Waals surface area contributed by atoms with Gasteiger partial charge in [0.1, 0.15) is 0 Å². The third-order valence-corrected chi connectivity index (χ3v) is 2.87. The average molecular weight is 302 g/mol. The van der Waals surface area contributed by atoms with Gasteiger partial charge in [-0.05, 0) is 38.0 Å². The van der Waals surface area contributed by atoms with Gasteiger partial charge in [0.05, 0.1) is 24.3 Å². The van der Waals surface area contributed by atoms with Gasteiger partial charge in [0, 0.05) is 13.1 Å². The van der Waals surface area contributed by atoms with Crippen LogP contribution in [0.15, 0.2) is 12.1 Å². The summed E-state index contributed by atoms with van der Waals surface area (Å²) in [7, 11) is 0. The van der Waals surface area contributed by atoms with Crippen LogP contribution in [0.4, 0.5) is 0 Å². The minimum Gasteiger partial charge on any atom is -0.490 e. The third-order valence-electron chi connectivity index (χ3n) is 2.59. The normalized spacial score (nSPS) is 12.2. The van der Waals surface area contributed by atoms with Gasteiger partial charge in [-0.2, -0.15) is 0 Å². The molecule has 1 atom stereocenters. The van der Waals surface area contributed by atoms with Crippen molar-refractivity contribution in [3.05, 3.63) is 22.7 Å². The van der Waals surface area contributed by atoms with E-state index in [-0.39, 0.29) is 6.10 Å². The predicted octanol–water partition coefficient (Wildman–Crippen LogP) is 3.00. The maximum absolute atomic E-state index is 9.23. The van der Waals surface area contributed by atoms with Gasteiger partial charge < -0.3 is 19.9 Å². The summed E-state index contributed by atoms with van der Waals surface area (Å²) in [5, 5.41) is 12.9. The van der Waals surface area contributed by atoms with Gasteiger partial charge in [-0.3, -0.25) is 0 Å². The lowest BCUT2D eigenvalue weighted by molar-refractivity contribution is 0.191. The highest BCUT2D eigenvalue weighted by Gasteiger charge is 2.12. The molecular weight excluding hydrogens is 278 g/mol. The summed E-state index contributed by atoms with van der Waals surface area (Å²) in [6.45, 7) is 8.04. The number of rotatable bonds is 9. The van der Waals surface area contributed by atoms with Crippen LogP contribution in [-0.4, -0.2) is 31.0 Å². The molecule has 0 saturated heterocycles. The molecule has 20 heavy (non-hydrogen) atoms. The standard InChI is InChI=1S/C15H24ClNO3/c1-4-6-20-15-13(16)7-12(8-14(15)19-5-2)10-17-9-11(3)18/h7-8,11,17-18H,4-6,9-10H2,1-3H3/t11-/m0/s1. The molecule has 0 heterocycles. The van der Waals surface area contributed by atoms with Gasteiger partial charge >= 0.3 is 0 Å². The Morgan fingerprint density at radius 2 is 2.05 bits per heavy atom. The van der Waals surface area contributed by atoms with Crippen molar-refractivity contribution in [3.8, 4) is 11.5 Å². The second-order valence-corrected chi connectivity index (χ2v) is 5.07. The molecule has 0 aromatic heterocycles. The highest BCUT2D eigenvalue weighted by molar-refractivity contribution is 6.32. The molecule has 114 valence electrons. The SMILES string of the molecule is CCCOc1c(Cl)cc(CNC[C@H](C)O)cc1OCC. The summed E-state index contributed by atoms with van der Waals surface area (Å²) in [6, 6.07) is 3.79. The molecule has 0 saturated carbocycles. The molecule has 1 rings (SSSR count). The van der Waals surface area contributed by atoms with Crippen LogP contribution in [0.3, 0.4) is 0 Å². The Hall–Kier alpha value is -0.970. The van der Waals surface area contributed by atoms with Crippen LogP contribution >= 0.6 is 11.6 Å².